The molecular weight excluding hydrogens is 212 g/mol. The summed E-state index contributed by atoms with van der Waals surface area (Å²) >= 11 is 0. The Balaban J connectivity index is 1.73. The highest BCUT2D eigenvalue weighted by molar-refractivity contribution is 5.89. The molecule has 1 saturated carbocycles. The molecule has 3 heterocycles. The van der Waals surface area contributed by atoms with Crippen LogP contribution in [0.2, 0.25) is 0 Å². The topological polar surface area (TPSA) is 57.3 Å². The lowest BCUT2D eigenvalue weighted by Gasteiger charge is -2.30. The molecule has 1 aliphatic carbocycles. The van der Waals surface area contributed by atoms with Crippen LogP contribution in [0.4, 0.5) is 0 Å². The van der Waals surface area contributed by atoms with Crippen molar-refractivity contribution in [2.45, 2.75) is 24.4 Å². The first-order valence-electron chi connectivity index (χ1n) is 5.49. The second kappa shape index (κ2) is 2.60. The molecule has 4 rings (SSSR count). The Morgan fingerprint density at radius 3 is 3.31 bits per heavy atom. The van der Waals surface area contributed by atoms with E-state index < -0.39 is 0 Å². The Bertz CT molecular complexity index is 403. The van der Waals surface area contributed by atoms with Crippen molar-refractivity contribution in [1.82, 2.24) is 0 Å². The predicted molar refractivity (Wildman–Crippen MR) is 50.1 cm³/mol. The molecule has 2 saturated heterocycles. The van der Waals surface area contributed by atoms with E-state index in [4.69, 9.17) is 18.9 Å². The van der Waals surface area contributed by atoms with Crippen molar-refractivity contribution in [3.63, 3.8) is 0 Å². The van der Waals surface area contributed by atoms with Crippen LogP contribution in [0.25, 0.3) is 0 Å². The van der Waals surface area contributed by atoms with Crippen molar-refractivity contribution in [2.75, 3.05) is 13.7 Å². The zero-order valence-corrected chi connectivity index (χ0v) is 8.84. The maximum Gasteiger partial charge on any atom is 0.337 e. The van der Waals surface area contributed by atoms with Gasteiger partial charge in [-0.25, -0.2) is 4.79 Å². The number of hydrogen-bond acceptors (Lipinski definition) is 5. The molecular formula is C11H12O5. The molecule has 0 bridgehead atoms. The van der Waals surface area contributed by atoms with Crippen molar-refractivity contribution in [3.05, 3.63) is 11.8 Å². The second-order valence-corrected chi connectivity index (χ2v) is 4.81. The summed E-state index contributed by atoms with van der Waals surface area (Å²) in [7, 11) is 1.39. The monoisotopic (exact) mass is 224 g/mol. The van der Waals surface area contributed by atoms with Crippen molar-refractivity contribution < 1.29 is 23.7 Å². The standard InChI is InChI=1S/C11H12O5/c1-13-9(12)6-3-14-10-8-5(6)2-7-11(8,16-7)4-15-10/h3,5,7-8,10H,2,4H2,1H3/t5-,7+,8-,10-,11?/m1/s1. The van der Waals surface area contributed by atoms with Crippen LogP contribution in [-0.4, -0.2) is 37.7 Å². The third kappa shape index (κ3) is 0.836. The predicted octanol–water partition coefficient (Wildman–Crippen LogP) is 0.203. The molecule has 0 radical (unpaired) electrons. The normalized spacial score (nSPS) is 51.2. The van der Waals surface area contributed by atoms with E-state index in [1.165, 1.54) is 13.4 Å². The molecule has 86 valence electrons. The summed E-state index contributed by atoms with van der Waals surface area (Å²) in [6.45, 7) is 0.589. The number of hydrogen-bond donors (Lipinski definition) is 0. The van der Waals surface area contributed by atoms with E-state index in [1.54, 1.807) is 0 Å². The average Bonchev–Trinajstić information content (AvgIpc) is 2.70. The van der Waals surface area contributed by atoms with Gasteiger partial charge in [0.2, 0.25) is 6.29 Å². The van der Waals surface area contributed by atoms with Gasteiger partial charge in [-0.1, -0.05) is 0 Å². The lowest BCUT2D eigenvalue weighted by atomic mass is 9.83. The van der Waals surface area contributed by atoms with Gasteiger partial charge in [0.15, 0.2) is 0 Å². The molecule has 3 fully saturated rings. The highest BCUT2D eigenvalue weighted by Gasteiger charge is 2.76. The third-order valence-electron chi connectivity index (χ3n) is 4.23. The minimum absolute atomic E-state index is 0.164. The number of ether oxygens (including phenoxy) is 4. The molecule has 0 aromatic carbocycles. The van der Waals surface area contributed by atoms with Gasteiger partial charge in [0.25, 0.3) is 0 Å². The van der Waals surface area contributed by atoms with Gasteiger partial charge in [-0.05, 0) is 6.42 Å². The number of epoxide rings is 1. The van der Waals surface area contributed by atoms with Gasteiger partial charge in [0, 0.05) is 5.92 Å². The van der Waals surface area contributed by atoms with Gasteiger partial charge in [-0.3, -0.25) is 0 Å². The Morgan fingerprint density at radius 2 is 2.50 bits per heavy atom. The second-order valence-electron chi connectivity index (χ2n) is 4.81. The Labute approximate surface area is 92.3 Å². The first-order chi connectivity index (χ1) is 7.76. The van der Waals surface area contributed by atoms with Crippen molar-refractivity contribution in [3.8, 4) is 0 Å². The van der Waals surface area contributed by atoms with Gasteiger partial charge in [0.05, 0.1) is 37.6 Å². The fourth-order valence-electron chi connectivity index (χ4n) is 3.44. The number of rotatable bonds is 1. The number of methoxy groups -OCH3 is 1. The molecule has 16 heavy (non-hydrogen) atoms. The molecule has 3 aliphatic heterocycles. The van der Waals surface area contributed by atoms with Crippen LogP contribution in [0.3, 0.4) is 0 Å². The average molecular weight is 224 g/mol. The summed E-state index contributed by atoms with van der Waals surface area (Å²) in [5.74, 6) is 0.0378. The summed E-state index contributed by atoms with van der Waals surface area (Å²) in [5, 5.41) is 0. The van der Waals surface area contributed by atoms with E-state index in [1.807, 2.05) is 0 Å². The van der Waals surface area contributed by atoms with Crippen LogP contribution in [0.15, 0.2) is 11.8 Å². The van der Waals surface area contributed by atoms with Gasteiger partial charge >= 0.3 is 5.97 Å². The molecule has 0 amide bonds. The molecule has 5 nitrogen and oxygen atoms in total. The molecule has 0 N–H and O–H groups in total. The van der Waals surface area contributed by atoms with Gasteiger partial charge < -0.3 is 18.9 Å². The molecule has 0 aromatic heterocycles. The largest absolute Gasteiger partial charge is 0.472 e. The fourth-order valence-corrected chi connectivity index (χ4v) is 3.44. The molecule has 5 atom stereocenters. The molecule has 1 spiro atoms. The van der Waals surface area contributed by atoms with Crippen molar-refractivity contribution in [1.29, 1.82) is 0 Å². The maximum atomic E-state index is 11.6. The summed E-state index contributed by atoms with van der Waals surface area (Å²) < 4.78 is 21.4. The third-order valence-corrected chi connectivity index (χ3v) is 4.23. The van der Waals surface area contributed by atoms with Gasteiger partial charge in [-0.15, -0.1) is 0 Å². The maximum absolute atomic E-state index is 11.6. The molecule has 4 aliphatic rings. The highest BCUT2D eigenvalue weighted by Crippen LogP contribution is 2.64. The van der Waals surface area contributed by atoms with Crippen LogP contribution in [0.5, 0.6) is 0 Å². The first-order valence-corrected chi connectivity index (χ1v) is 5.49. The van der Waals surface area contributed by atoms with Crippen molar-refractivity contribution in [2.24, 2.45) is 11.8 Å². The Kier molecular flexibility index (Phi) is 1.46. The van der Waals surface area contributed by atoms with Crippen LogP contribution in [0, 0.1) is 11.8 Å². The Morgan fingerprint density at radius 1 is 1.62 bits per heavy atom. The number of esters is 1. The summed E-state index contributed by atoms with van der Waals surface area (Å²) in [6.07, 6.45) is 2.38. The van der Waals surface area contributed by atoms with E-state index in [-0.39, 0.29) is 35.8 Å². The van der Waals surface area contributed by atoms with Gasteiger partial charge in [0.1, 0.15) is 5.60 Å². The first kappa shape index (κ1) is 9.01. The van der Waals surface area contributed by atoms with Crippen LogP contribution in [0.1, 0.15) is 6.42 Å². The quantitative estimate of drug-likeness (QED) is 0.470. The van der Waals surface area contributed by atoms with E-state index in [9.17, 15) is 4.79 Å². The van der Waals surface area contributed by atoms with E-state index in [0.29, 0.717) is 12.2 Å². The molecule has 1 unspecified atom stereocenters. The summed E-state index contributed by atoms with van der Waals surface area (Å²) in [5.41, 5.74) is 0.465. The molecule has 0 aromatic rings. The lowest BCUT2D eigenvalue weighted by molar-refractivity contribution is -0.142. The van der Waals surface area contributed by atoms with Crippen LogP contribution >= 0.6 is 0 Å². The minimum atomic E-state index is -0.299. The summed E-state index contributed by atoms with van der Waals surface area (Å²) in [6, 6.07) is 0. The fraction of sp³-hybridized carbons (Fsp3) is 0.727. The van der Waals surface area contributed by atoms with E-state index in [0.717, 1.165) is 6.42 Å². The van der Waals surface area contributed by atoms with Crippen LogP contribution in [-0.2, 0) is 23.7 Å². The Hall–Kier alpha value is -1.07. The van der Waals surface area contributed by atoms with Gasteiger partial charge in [-0.2, -0.15) is 0 Å². The number of carbonyl (C=O) groups excluding carboxylic acids is 1. The zero-order valence-electron chi connectivity index (χ0n) is 8.84. The zero-order chi connectivity index (χ0) is 10.9. The molecule has 5 heteroatoms. The van der Waals surface area contributed by atoms with Crippen molar-refractivity contribution >= 4 is 5.97 Å². The van der Waals surface area contributed by atoms with E-state index >= 15 is 0 Å². The van der Waals surface area contributed by atoms with Crippen LogP contribution < -0.4 is 0 Å². The summed E-state index contributed by atoms with van der Waals surface area (Å²) in [4.78, 5) is 11.6. The highest BCUT2D eigenvalue weighted by atomic mass is 16.7. The van der Waals surface area contributed by atoms with E-state index in [2.05, 4.69) is 0 Å². The number of carbonyl (C=O) groups is 1. The lowest BCUT2D eigenvalue weighted by Crippen LogP contribution is -2.36. The minimum Gasteiger partial charge on any atom is -0.472 e. The smallest absolute Gasteiger partial charge is 0.337 e. The SMILES string of the molecule is COC(=O)C1=CO[C@@H]2OCC34O[C@H]3C[C@H]1[C@H]24.